The summed E-state index contributed by atoms with van der Waals surface area (Å²) in [4.78, 5) is 4.35. The summed E-state index contributed by atoms with van der Waals surface area (Å²) in [5, 5.41) is 9.87. The number of para-hydroxylation sites is 2. The van der Waals surface area contributed by atoms with Gasteiger partial charge in [-0.3, -0.25) is 0 Å². The van der Waals surface area contributed by atoms with Crippen LogP contribution in [0, 0.1) is 0 Å². The Morgan fingerprint density at radius 2 is 2.13 bits per heavy atom. The second kappa shape index (κ2) is 3.35. The number of imidazole rings is 1. The zero-order valence-corrected chi connectivity index (χ0v) is 8.50. The zero-order chi connectivity index (χ0) is 10.3. The molecule has 1 unspecified atom stereocenters. The van der Waals surface area contributed by atoms with Crippen molar-refractivity contribution in [3.63, 3.8) is 0 Å². The highest BCUT2D eigenvalue weighted by Crippen LogP contribution is 2.32. The van der Waals surface area contributed by atoms with Gasteiger partial charge in [-0.2, -0.15) is 0 Å². The molecule has 1 saturated carbocycles. The minimum atomic E-state index is -0.206. The van der Waals surface area contributed by atoms with Crippen LogP contribution >= 0.6 is 0 Å². The first-order valence-electron chi connectivity index (χ1n) is 5.46. The van der Waals surface area contributed by atoms with E-state index in [-0.39, 0.29) is 12.1 Å². The molecule has 1 fully saturated rings. The lowest BCUT2D eigenvalue weighted by molar-refractivity contribution is 0.138. The van der Waals surface area contributed by atoms with Gasteiger partial charge in [0.2, 0.25) is 0 Å². The van der Waals surface area contributed by atoms with E-state index in [1.54, 1.807) is 0 Å². The lowest BCUT2D eigenvalue weighted by atomic mass is 10.2. The Balaban J connectivity index is 2.10. The molecule has 3 nitrogen and oxygen atoms in total. The molecule has 15 heavy (non-hydrogen) atoms. The molecule has 1 aromatic carbocycles. The average molecular weight is 202 g/mol. The molecule has 3 heteroatoms. The molecule has 0 amide bonds. The predicted molar refractivity (Wildman–Crippen MR) is 58.6 cm³/mol. The maximum atomic E-state index is 9.87. The summed E-state index contributed by atoms with van der Waals surface area (Å²) in [7, 11) is 0. The first-order chi connectivity index (χ1) is 7.36. The predicted octanol–water partition coefficient (Wildman–Crippen LogP) is 2.12. The summed E-state index contributed by atoms with van der Waals surface area (Å²) >= 11 is 0. The first-order valence-corrected chi connectivity index (χ1v) is 5.46. The molecule has 1 aromatic heterocycles. The molecule has 0 bridgehead atoms. The zero-order valence-electron chi connectivity index (χ0n) is 8.50. The van der Waals surface area contributed by atoms with E-state index in [1.807, 2.05) is 24.5 Å². The Labute approximate surface area is 88.4 Å². The van der Waals surface area contributed by atoms with Crippen molar-refractivity contribution in [2.24, 2.45) is 0 Å². The van der Waals surface area contributed by atoms with Crippen LogP contribution in [0.25, 0.3) is 11.0 Å². The van der Waals surface area contributed by atoms with Crippen LogP contribution in [0.2, 0.25) is 0 Å². The van der Waals surface area contributed by atoms with Gasteiger partial charge in [0.25, 0.3) is 0 Å². The van der Waals surface area contributed by atoms with Crippen molar-refractivity contribution in [2.75, 3.05) is 0 Å². The van der Waals surface area contributed by atoms with E-state index < -0.39 is 0 Å². The SMILES string of the molecule is O[C@@H]1CCCC1n1cnc2ccccc21. The normalized spacial score (nSPS) is 26.2. The highest BCUT2D eigenvalue weighted by Gasteiger charge is 2.27. The number of rotatable bonds is 1. The standard InChI is InChI=1S/C12H14N2O/c15-12-7-3-6-11(12)14-8-13-9-4-1-2-5-10(9)14/h1-2,4-5,8,11-12,15H,3,6-7H2/t11?,12-/m1/s1. The maximum Gasteiger partial charge on any atom is 0.0961 e. The van der Waals surface area contributed by atoms with Crippen LogP contribution in [0.4, 0.5) is 0 Å². The molecular weight excluding hydrogens is 188 g/mol. The summed E-state index contributed by atoms with van der Waals surface area (Å²) in [6.45, 7) is 0. The molecular formula is C12H14N2O. The summed E-state index contributed by atoms with van der Waals surface area (Å²) in [6.07, 6.45) is 4.73. The van der Waals surface area contributed by atoms with Gasteiger partial charge in [-0.15, -0.1) is 0 Å². The number of aliphatic hydroxyl groups is 1. The minimum Gasteiger partial charge on any atom is -0.391 e. The molecule has 3 rings (SSSR count). The fourth-order valence-electron chi connectivity index (χ4n) is 2.49. The third-order valence-electron chi connectivity index (χ3n) is 3.28. The Morgan fingerprint density at radius 1 is 1.27 bits per heavy atom. The molecule has 0 aliphatic heterocycles. The van der Waals surface area contributed by atoms with Crippen molar-refractivity contribution in [1.82, 2.24) is 9.55 Å². The van der Waals surface area contributed by atoms with Gasteiger partial charge in [0.05, 0.1) is 29.5 Å². The fraction of sp³-hybridized carbons (Fsp3) is 0.417. The number of hydrogen-bond acceptors (Lipinski definition) is 2. The smallest absolute Gasteiger partial charge is 0.0961 e. The van der Waals surface area contributed by atoms with E-state index in [0.29, 0.717) is 0 Å². The van der Waals surface area contributed by atoms with E-state index in [0.717, 1.165) is 30.3 Å². The van der Waals surface area contributed by atoms with Crippen molar-refractivity contribution in [2.45, 2.75) is 31.4 Å². The molecule has 1 N–H and O–H groups in total. The van der Waals surface area contributed by atoms with Crippen LogP contribution in [0.15, 0.2) is 30.6 Å². The molecule has 2 aromatic rings. The highest BCUT2D eigenvalue weighted by atomic mass is 16.3. The molecule has 0 spiro atoms. The van der Waals surface area contributed by atoms with Crippen molar-refractivity contribution in [3.8, 4) is 0 Å². The molecule has 1 aliphatic rings. The minimum absolute atomic E-state index is 0.206. The van der Waals surface area contributed by atoms with Crippen LogP contribution in [0.5, 0.6) is 0 Å². The summed E-state index contributed by atoms with van der Waals surface area (Å²) in [6, 6.07) is 8.30. The van der Waals surface area contributed by atoms with Crippen LogP contribution in [-0.2, 0) is 0 Å². The topological polar surface area (TPSA) is 38.0 Å². The first kappa shape index (κ1) is 8.92. The van der Waals surface area contributed by atoms with Crippen LogP contribution in [-0.4, -0.2) is 20.8 Å². The van der Waals surface area contributed by atoms with Gasteiger partial charge in [-0.25, -0.2) is 4.98 Å². The summed E-state index contributed by atoms with van der Waals surface area (Å²) in [5.41, 5.74) is 2.14. The van der Waals surface area contributed by atoms with E-state index >= 15 is 0 Å². The molecule has 0 saturated heterocycles. The van der Waals surface area contributed by atoms with Crippen molar-refractivity contribution < 1.29 is 5.11 Å². The van der Waals surface area contributed by atoms with Gasteiger partial charge in [0.15, 0.2) is 0 Å². The molecule has 78 valence electrons. The Bertz CT molecular complexity index is 477. The number of aromatic nitrogens is 2. The van der Waals surface area contributed by atoms with Gasteiger partial charge in [-0.1, -0.05) is 12.1 Å². The molecule has 1 aliphatic carbocycles. The second-order valence-electron chi connectivity index (χ2n) is 4.21. The van der Waals surface area contributed by atoms with Crippen molar-refractivity contribution in [3.05, 3.63) is 30.6 Å². The van der Waals surface area contributed by atoms with Gasteiger partial charge in [0.1, 0.15) is 0 Å². The summed E-state index contributed by atoms with van der Waals surface area (Å²) in [5.74, 6) is 0. The quantitative estimate of drug-likeness (QED) is 0.769. The Hall–Kier alpha value is -1.35. The largest absolute Gasteiger partial charge is 0.391 e. The van der Waals surface area contributed by atoms with Crippen LogP contribution in [0.1, 0.15) is 25.3 Å². The second-order valence-corrected chi connectivity index (χ2v) is 4.21. The Kier molecular flexibility index (Phi) is 1.99. The van der Waals surface area contributed by atoms with Crippen LogP contribution < -0.4 is 0 Å². The number of nitrogens with zero attached hydrogens (tertiary/aromatic N) is 2. The molecule has 2 atom stereocenters. The monoisotopic (exact) mass is 202 g/mol. The number of aliphatic hydroxyl groups excluding tert-OH is 1. The van der Waals surface area contributed by atoms with Gasteiger partial charge in [0, 0.05) is 0 Å². The third kappa shape index (κ3) is 1.35. The Morgan fingerprint density at radius 3 is 2.93 bits per heavy atom. The van der Waals surface area contributed by atoms with Crippen molar-refractivity contribution >= 4 is 11.0 Å². The van der Waals surface area contributed by atoms with Gasteiger partial charge < -0.3 is 9.67 Å². The lowest BCUT2D eigenvalue weighted by Crippen LogP contribution is -2.17. The maximum absolute atomic E-state index is 9.87. The van der Waals surface area contributed by atoms with Gasteiger partial charge in [-0.05, 0) is 31.4 Å². The van der Waals surface area contributed by atoms with Gasteiger partial charge >= 0.3 is 0 Å². The molecule has 1 heterocycles. The summed E-state index contributed by atoms with van der Waals surface area (Å²) < 4.78 is 2.12. The van der Waals surface area contributed by atoms with E-state index in [2.05, 4.69) is 15.6 Å². The lowest BCUT2D eigenvalue weighted by Gasteiger charge is -2.16. The fourth-order valence-corrected chi connectivity index (χ4v) is 2.49. The number of benzene rings is 1. The highest BCUT2D eigenvalue weighted by molar-refractivity contribution is 5.75. The van der Waals surface area contributed by atoms with Crippen molar-refractivity contribution in [1.29, 1.82) is 0 Å². The van der Waals surface area contributed by atoms with E-state index in [4.69, 9.17) is 0 Å². The third-order valence-corrected chi connectivity index (χ3v) is 3.28. The van der Waals surface area contributed by atoms with Crippen LogP contribution in [0.3, 0.4) is 0 Å². The van der Waals surface area contributed by atoms with E-state index in [9.17, 15) is 5.11 Å². The number of hydrogen-bond donors (Lipinski definition) is 1. The average Bonchev–Trinajstić information content (AvgIpc) is 2.83. The number of fused-ring (bicyclic) bond motifs is 1. The van der Waals surface area contributed by atoms with E-state index in [1.165, 1.54) is 0 Å². The molecule has 0 radical (unpaired) electrons.